The van der Waals surface area contributed by atoms with E-state index in [0.717, 1.165) is 5.56 Å². The second kappa shape index (κ2) is 5.94. The lowest BCUT2D eigenvalue weighted by Crippen LogP contribution is -2.33. The zero-order valence-corrected chi connectivity index (χ0v) is 10.9. The molecule has 1 aromatic carbocycles. The van der Waals surface area contributed by atoms with E-state index in [1.54, 1.807) is 23.9 Å². The van der Waals surface area contributed by atoms with Gasteiger partial charge in [-0.15, -0.1) is 11.8 Å². The predicted octanol–water partition coefficient (Wildman–Crippen LogP) is 0.339. The van der Waals surface area contributed by atoms with E-state index < -0.39 is 17.9 Å². The molecule has 1 unspecified atom stereocenters. The highest BCUT2D eigenvalue weighted by Crippen LogP contribution is 2.33. The van der Waals surface area contributed by atoms with E-state index in [0.29, 0.717) is 11.5 Å². The minimum absolute atomic E-state index is 0.0358. The maximum Gasteiger partial charge on any atom is 0.321 e. The van der Waals surface area contributed by atoms with Crippen molar-refractivity contribution in [2.24, 2.45) is 5.73 Å². The van der Waals surface area contributed by atoms with Crippen LogP contribution in [0.3, 0.4) is 0 Å². The van der Waals surface area contributed by atoms with Crippen molar-refractivity contribution < 1.29 is 19.4 Å². The molecule has 0 radical (unpaired) electrons. The van der Waals surface area contributed by atoms with Gasteiger partial charge in [-0.25, -0.2) is 0 Å². The van der Waals surface area contributed by atoms with Crippen LogP contribution >= 0.6 is 11.8 Å². The number of nitrogens with two attached hydrogens (primary N) is 1. The number of ether oxygens (including phenoxy) is 1. The molecule has 1 fully saturated rings. The molecule has 1 saturated heterocycles. The maximum absolute atomic E-state index is 10.8. The number of carboxylic acid groups (broad SMARTS) is 1. The van der Waals surface area contributed by atoms with Gasteiger partial charge in [0.1, 0.15) is 11.8 Å². The number of benzene rings is 1. The minimum atomic E-state index is -0.837. The lowest BCUT2D eigenvalue weighted by molar-refractivity contribution is -0.138. The summed E-state index contributed by atoms with van der Waals surface area (Å²) in [6.07, 6.45) is 0. The molecule has 1 aliphatic heterocycles. The van der Waals surface area contributed by atoms with Crippen LogP contribution in [-0.2, 0) is 9.59 Å². The molecule has 102 valence electrons. The molecule has 19 heavy (non-hydrogen) atoms. The van der Waals surface area contributed by atoms with Gasteiger partial charge in [-0.05, 0) is 17.7 Å². The fourth-order valence-corrected chi connectivity index (χ4v) is 2.93. The Morgan fingerprint density at radius 1 is 1.42 bits per heavy atom. The van der Waals surface area contributed by atoms with Gasteiger partial charge in [0, 0.05) is 5.75 Å². The minimum Gasteiger partial charge on any atom is -0.484 e. The summed E-state index contributed by atoms with van der Waals surface area (Å²) in [7, 11) is 0. The van der Waals surface area contributed by atoms with Gasteiger partial charge in [0.25, 0.3) is 5.91 Å². The highest BCUT2D eigenvalue weighted by atomic mass is 32.2. The smallest absolute Gasteiger partial charge is 0.321 e. The molecule has 0 bridgehead atoms. The standard InChI is InChI=1S/C12H14N2O4S/c13-10(15)5-18-8-3-1-7(2-4-8)11-14-9(6-19-11)12(16)17/h1-4,9,11,14H,5-6H2,(H2,13,15)(H,16,17)/t9-,11?/m0/s1. The lowest BCUT2D eigenvalue weighted by Gasteiger charge is -2.12. The Bertz CT molecular complexity index is 477. The first kappa shape index (κ1) is 13.7. The number of carbonyl (C=O) groups is 2. The number of hydrogen-bond acceptors (Lipinski definition) is 5. The second-order valence-corrected chi connectivity index (χ2v) is 5.23. The molecule has 1 aliphatic rings. The summed E-state index contributed by atoms with van der Waals surface area (Å²) in [6.45, 7) is -0.156. The Hall–Kier alpha value is -1.73. The molecule has 1 aromatic rings. The van der Waals surface area contributed by atoms with E-state index in [9.17, 15) is 9.59 Å². The van der Waals surface area contributed by atoms with Crippen LogP contribution in [0.5, 0.6) is 5.75 Å². The number of aliphatic carboxylic acids is 1. The van der Waals surface area contributed by atoms with Gasteiger partial charge in [0.05, 0.1) is 5.37 Å². The molecule has 1 heterocycles. The lowest BCUT2D eigenvalue weighted by atomic mass is 10.2. The third kappa shape index (κ3) is 3.62. The number of nitrogens with one attached hydrogen (secondary N) is 1. The average molecular weight is 282 g/mol. The van der Waals surface area contributed by atoms with Crippen LogP contribution in [0.25, 0.3) is 0 Å². The highest BCUT2D eigenvalue weighted by molar-refractivity contribution is 7.99. The number of carboxylic acids is 1. The van der Waals surface area contributed by atoms with Gasteiger partial charge in [-0.3, -0.25) is 14.9 Å². The number of carbonyl (C=O) groups excluding carboxylic acids is 1. The molecular weight excluding hydrogens is 268 g/mol. The van der Waals surface area contributed by atoms with Gasteiger partial charge in [-0.2, -0.15) is 0 Å². The first-order chi connectivity index (χ1) is 9.06. The third-order valence-electron chi connectivity index (χ3n) is 2.64. The highest BCUT2D eigenvalue weighted by Gasteiger charge is 2.30. The topological polar surface area (TPSA) is 102 Å². The van der Waals surface area contributed by atoms with Gasteiger partial charge < -0.3 is 15.6 Å². The van der Waals surface area contributed by atoms with Crippen LogP contribution < -0.4 is 15.8 Å². The Labute approximate surface area is 114 Å². The fourth-order valence-electron chi connectivity index (χ4n) is 1.70. The van der Waals surface area contributed by atoms with Gasteiger partial charge in [0.2, 0.25) is 0 Å². The zero-order chi connectivity index (χ0) is 13.8. The monoisotopic (exact) mass is 282 g/mol. The first-order valence-corrected chi connectivity index (χ1v) is 6.72. The van der Waals surface area contributed by atoms with Crippen LogP contribution in [0.1, 0.15) is 10.9 Å². The van der Waals surface area contributed by atoms with E-state index >= 15 is 0 Å². The predicted molar refractivity (Wildman–Crippen MR) is 70.9 cm³/mol. The summed E-state index contributed by atoms with van der Waals surface area (Å²) in [4.78, 5) is 21.4. The summed E-state index contributed by atoms with van der Waals surface area (Å²) >= 11 is 1.55. The van der Waals surface area contributed by atoms with Crippen LogP contribution in [0.15, 0.2) is 24.3 Å². The third-order valence-corrected chi connectivity index (χ3v) is 3.91. The summed E-state index contributed by atoms with van der Waals surface area (Å²) in [5.41, 5.74) is 5.95. The van der Waals surface area contributed by atoms with Crippen LogP contribution in [0, 0.1) is 0 Å². The number of amides is 1. The molecule has 0 saturated carbocycles. The molecule has 0 aliphatic carbocycles. The summed E-state index contributed by atoms with van der Waals surface area (Å²) in [5.74, 6) is -0.266. The quantitative estimate of drug-likeness (QED) is 0.720. The second-order valence-electron chi connectivity index (χ2n) is 4.09. The normalized spacial score (nSPS) is 22.1. The van der Waals surface area contributed by atoms with Crippen molar-refractivity contribution in [3.05, 3.63) is 29.8 Å². The van der Waals surface area contributed by atoms with Crippen LogP contribution in [0.2, 0.25) is 0 Å². The Kier molecular flexibility index (Phi) is 4.28. The van der Waals surface area contributed by atoms with Crippen LogP contribution in [0.4, 0.5) is 0 Å². The largest absolute Gasteiger partial charge is 0.484 e. The molecule has 2 rings (SSSR count). The van der Waals surface area contributed by atoms with Crippen molar-refractivity contribution in [1.29, 1.82) is 0 Å². The van der Waals surface area contributed by atoms with E-state index in [1.807, 2.05) is 12.1 Å². The van der Waals surface area contributed by atoms with Gasteiger partial charge >= 0.3 is 5.97 Å². The Morgan fingerprint density at radius 3 is 2.63 bits per heavy atom. The van der Waals surface area contributed by atoms with E-state index in [2.05, 4.69) is 5.32 Å². The number of thioether (sulfide) groups is 1. The number of primary amides is 1. The molecule has 0 aromatic heterocycles. The number of hydrogen-bond donors (Lipinski definition) is 3. The van der Waals surface area contributed by atoms with Crippen molar-refractivity contribution >= 4 is 23.6 Å². The SMILES string of the molecule is NC(=O)COc1ccc(C2N[C@H](C(=O)O)CS2)cc1. The van der Waals surface area contributed by atoms with Gasteiger partial charge in [-0.1, -0.05) is 12.1 Å². The summed E-state index contributed by atoms with van der Waals surface area (Å²) in [5, 5.41) is 11.9. The molecule has 7 heteroatoms. The molecular formula is C12H14N2O4S. The van der Waals surface area contributed by atoms with Gasteiger partial charge in [0.15, 0.2) is 6.61 Å². The fraction of sp³-hybridized carbons (Fsp3) is 0.333. The number of rotatable bonds is 5. The van der Waals surface area contributed by atoms with Crippen molar-refractivity contribution in [2.75, 3.05) is 12.4 Å². The van der Waals surface area contributed by atoms with Crippen molar-refractivity contribution in [3.8, 4) is 5.75 Å². The summed E-state index contributed by atoms with van der Waals surface area (Å²) in [6, 6.07) is 6.63. The van der Waals surface area contributed by atoms with E-state index in [1.165, 1.54) is 0 Å². The van der Waals surface area contributed by atoms with E-state index in [4.69, 9.17) is 15.6 Å². The van der Waals surface area contributed by atoms with Crippen molar-refractivity contribution in [1.82, 2.24) is 5.32 Å². The molecule has 4 N–H and O–H groups in total. The van der Waals surface area contributed by atoms with E-state index in [-0.39, 0.29) is 12.0 Å². The average Bonchev–Trinajstić information content (AvgIpc) is 2.86. The van der Waals surface area contributed by atoms with Crippen molar-refractivity contribution in [3.63, 3.8) is 0 Å². The molecule has 2 atom stereocenters. The van der Waals surface area contributed by atoms with Crippen molar-refractivity contribution in [2.45, 2.75) is 11.4 Å². The Balaban J connectivity index is 1.95. The molecule has 0 spiro atoms. The molecule has 1 amide bonds. The molecule has 6 nitrogen and oxygen atoms in total. The zero-order valence-electron chi connectivity index (χ0n) is 10.0. The summed E-state index contributed by atoms with van der Waals surface area (Å²) < 4.78 is 5.15. The Morgan fingerprint density at radius 2 is 2.11 bits per heavy atom. The first-order valence-electron chi connectivity index (χ1n) is 5.68. The maximum atomic E-state index is 10.8. The van der Waals surface area contributed by atoms with Crippen LogP contribution in [-0.4, -0.2) is 35.4 Å².